The molecule has 0 aliphatic carbocycles. The third-order valence-corrected chi connectivity index (χ3v) is 32.7. The molecule has 4 bridgehead atoms. The van der Waals surface area contributed by atoms with E-state index in [1.54, 1.807) is 26.2 Å². The van der Waals surface area contributed by atoms with E-state index in [1.165, 1.54) is 10.8 Å². The molecule has 4 fully saturated rings. The minimum atomic E-state index is -4.44. The molecule has 4 aromatic rings. The lowest BCUT2D eigenvalue weighted by molar-refractivity contribution is -0.0944. The molecule has 8 radical (unpaired) electrons. The van der Waals surface area contributed by atoms with Gasteiger partial charge in [-0.05, 0) is 47.9 Å². The van der Waals surface area contributed by atoms with E-state index in [-0.39, 0.29) is 70.4 Å². The lowest BCUT2D eigenvalue weighted by atomic mass is 9.80. The molecular formula is C43H56N3O24PSi8. The third kappa shape index (κ3) is 16.0. The SMILES string of the molecule is COc1ccc(C(OC[C@H]2O[C@@H](n3cc(C)c(=O)[nH]c3=O)CC2O)(c2ccccc2)c2ccc(OCCCOP(=O)(OCCC#N)OC[Si]3O[Si]O[Si]4O[Si]5O[Si]O[Si](CCO)O[Si](CCO)(O5)O[Si](CCO)(O3)O4)cc2)cc1. The standard InChI is InChI=1S/C43H56N3O24PSi8/c1-32-29-46(42(52)45-41(32)51)40-28-38(50)39(60-40)30-56-43(33-8-4-3-5-9-33,34-10-14-36(54-2)15-11-34)35-12-16-37(17-13-35)55-22-7-24-58-71(53,57-23-6-18-44)59-31-75-62-73-64-77-65-76-63-72-61-74(25-19-47)66-78(68-76,26-20-48)70-79(67-75,69-77)27-21-49/h3-5,8-17,29,38-40,47-50H,6-7,19-28,30-31H2,1-2H3,(H,45,51,52)/t38?,39-,40-,43?,71?,78?,79?/m1/s1. The highest BCUT2D eigenvalue weighted by Crippen LogP contribution is 2.50. The summed E-state index contributed by atoms with van der Waals surface area (Å²) in [5.74, 6) is 1.08. The molecule has 27 nitrogen and oxygen atoms in total. The van der Waals surface area contributed by atoms with Crippen molar-refractivity contribution in [3.63, 3.8) is 0 Å². The Balaban J connectivity index is 0.937. The maximum Gasteiger partial charge on any atom is 0.551 e. The molecule has 3 aromatic carbocycles. The summed E-state index contributed by atoms with van der Waals surface area (Å²) in [6, 6.07) is 25.7. The fourth-order valence-corrected chi connectivity index (χ4v) is 31.8. The lowest BCUT2D eigenvalue weighted by Crippen LogP contribution is -2.70. The van der Waals surface area contributed by atoms with Crippen molar-refractivity contribution in [2.45, 2.75) is 68.4 Å². The number of nitriles is 1. The van der Waals surface area contributed by atoms with Crippen LogP contribution in [0.3, 0.4) is 0 Å². The van der Waals surface area contributed by atoms with E-state index < -0.39 is 138 Å². The molecule has 4 aliphatic heterocycles. The molecular weight excluding hydrogens is 1200 g/mol. The largest absolute Gasteiger partial charge is 0.551 e. The number of fused-ring (bicyclic) bond motifs is 4. The number of ether oxygens (including phenoxy) is 4. The summed E-state index contributed by atoms with van der Waals surface area (Å²) in [6.07, 6.45) is -1.78. The Morgan fingerprint density at radius 2 is 1.43 bits per heavy atom. The molecule has 1 aromatic heterocycles. The zero-order valence-electron chi connectivity index (χ0n) is 42.5. The quantitative estimate of drug-likeness (QED) is 0.0253. The van der Waals surface area contributed by atoms with E-state index in [0.29, 0.717) is 22.6 Å². The van der Waals surface area contributed by atoms with E-state index in [1.807, 2.05) is 72.8 Å². The molecule has 8 rings (SSSR count). The minimum Gasteiger partial charge on any atom is -0.497 e. The molecule has 4 saturated heterocycles. The van der Waals surface area contributed by atoms with E-state index >= 15 is 0 Å². The van der Waals surface area contributed by atoms with Gasteiger partial charge >= 0.3 is 88.8 Å². The van der Waals surface area contributed by atoms with Gasteiger partial charge in [-0.1, -0.05) is 54.6 Å². The van der Waals surface area contributed by atoms with Crippen molar-refractivity contribution in [2.75, 3.05) is 59.6 Å². The topological polar surface area (TPSA) is 334 Å². The molecule has 7 atom stereocenters. The molecule has 79 heavy (non-hydrogen) atoms. The average Bonchev–Trinajstić information content (AvgIpc) is 3.96. The molecule has 4 aliphatic rings. The first-order chi connectivity index (χ1) is 38.3. The predicted octanol–water partition coefficient (Wildman–Crippen LogP) is 0.967. The number of rotatable bonds is 26. The first-order valence-electron chi connectivity index (χ1n) is 24.5. The van der Waals surface area contributed by atoms with Crippen molar-refractivity contribution in [2.24, 2.45) is 0 Å². The summed E-state index contributed by atoms with van der Waals surface area (Å²) in [5.41, 5.74) is -0.00430. The Hall–Kier alpha value is -3.36. The monoisotopic (exact) mass is 1250 g/mol. The highest BCUT2D eigenvalue weighted by Gasteiger charge is 2.63. The number of hydrogen-bond acceptors (Lipinski definition) is 25. The lowest BCUT2D eigenvalue weighted by Gasteiger charge is -2.45. The van der Waals surface area contributed by atoms with Crippen LogP contribution in [0.1, 0.15) is 47.7 Å². The number of phosphoric acid groups is 1. The van der Waals surface area contributed by atoms with E-state index in [4.69, 9.17) is 73.7 Å². The van der Waals surface area contributed by atoms with Gasteiger partial charge in [-0.25, -0.2) is 9.36 Å². The number of methoxy groups -OCH3 is 1. The van der Waals surface area contributed by atoms with Crippen LogP contribution in [0.2, 0.25) is 18.1 Å². The summed E-state index contributed by atoms with van der Waals surface area (Å²) in [4.78, 5) is 27.2. The zero-order chi connectivity index (χ0) is 55.9. The van der Waals surface area contributed by atoms with Crippen LogP contribution in [0.5, 0.6) is 11.5 Å². The second kappa shape index (κ2) is 29.2. The Labute approximate surface area is 468 Å². The van der Waals surface area contributed by atoms with Gasteiger partial charge in [0.1, 0.15) is 35.7 Å². The number of aryl methyl sites for hydroxylation is 1. The first kappa shape index (κ1) is 61.7. The molecule has 0 saturated carbocycles. The fraction of sp³-hybridized carbons (Fsp3) is 0.465. The van der Waals surface area contributed by atoms with E-state index in [2.05, 4.69) is 4.98 Å². The van der Waals surface area contributed by atoms with Crippen LogP contribution in [0.25, 0.3) is 0 Å². The van der Waals surface area contributed by atoms with Crippen molar-refractivity contribution in [3.8, 4) is 17.6 Å². The zero-order valence-corrected chi connectivity index (χ0v) is 51.4. The van der Waals surface area contributed by atoms with Crippen LogP contribution in [-0.2, 0) is 74.4 Å². The molecule has 0 spiro atoms. The number of benzene rings is 3. The second-order valence-electron chi connectivity index (χ2n) is 17.2. The number of nitrogens with zero attached hydrogens (tertiary/aromatic N) is 2. The van der Waals surface area contributed by atoms with Crippen LogP contribution in [0.15, 0.2) is 94.6 Å². The Bertz CT molecular complexity index is 2780. The predicted molar refractivity (Wildman–Crippen MR) is 281 cm³/mol. The van der Waals surface area contributed by atoms with Gasteiger partial charge < -0.3 is 80.5 Å². The van der Waals surface area contributed by atoms with Gasteiger partial charge in [0.05, 0.1) is 52.1 Å². The van der Waals surface area contributed by atoms with Crippen LogP contribution < -0.4 is 20.7 Å². The van der Waals surface area contributed by atoms with Gasteiger partial charge in [-0.15, -0.1) is 0 Å². The molecule has 0 amide bonds. The van der Waals surface area contributed by atoms with Crippen molar-refractivity contribution >= 4 is 83.1 Å². The van der Waals surface area contributed by atoms with Crippen LogP contribution >= 0.6 is 7.82 Å². The van der Waals surface area contributed by atoms with Crippen LogP contribution in [-0.4, -0.2) is 177 Å². The van der Waals surface area contributed by atoms with Crippen LogP contribution in [0, 0.1) is 18.3 Å². The van der Waals surface area contributed by atoms with Crippen molar-refractivity contribution in [1.29, 1.82) is 5.26 Å². The number of aromatic amines is 1. The summed E-state index contributed by atoms with van der Waals surface area (Å²) < 4.78 is 118. The number of H-pyrrole nitrogens is 1. The number of nitrogens with one attached hydrogen (secondary N) is 1. The minimum absolute atomic E-state index is 0.0705. The third-order valence-electron chi connectivity index (χ3n) is 11.9. The Kier molecular flexibility index (Phi) is 22.8. The first-order valence-corrected chi connectivity index (χ1v) is 36.9. The smallest absolute Gasteiger partial charge is 0.497 e. The van der Waals surface area contributed by atoms with Crippen LogP contribution in [0.4, 0.5) is 0 Å². The van der Waals surface area contributed by atoms with Crippen molar-refractivity contribution < 1.29 is 98.7 Å². The number of phosphoric ester groups is 1. The van der Waals surface area contributed by atoms with Gasteiger partial charge in [0.2, 0.25) is 0 Å². The van der Waals surface area contributed by atoms with Gasteiger partial charge in [0.25, 0.3) is 5.56 Å². The number of aromatic nitrogens is 2. The number of aliphatic hydroxyl groups excluding tert-OH is 4. The molecule has 36 heteroatoms. The molecule has 5 unspecified atom stereocenters. The van der Waals surface area contributed by atoms with Crippen molar-refractivity contribution in [3.05, 3.63) is 128 Å². The molecule has 424 valence electrons. The van der Waals surface area contributed by atoms with E-state index in [0.717, 1.165) is 11.1 Å². The highest BCUT2D eigenvalue weighted by atomic mass is 31.2. The summed E-state index contributed by atoms with van der Waals surface area (Å²) in [7, 11) is -23.0. The Morgan fingerprint density at radius 1 is 0.810 bits per heavy atom. The van der Waals surface area contributed by atoms with Gasteiger partial charge in [0.15, 0.2) is 0 Å². The Morgan fingerprint density at radius 3 is 2.06 bits per heavy atom. The van der Waals surface area contributed by atoms with Gasteiger partial charge in [-0.3, -0.25) is 27.9 Å². The average molecular weight is 1250 g/mol. The summed E-state index contributed by atoms with van der Waals surface area (Å²) in [6.45, 7) is -0.244. The molecule has 5 N–H and O–H groups in total. The van der Waals surface area contributed by atoms with Gasteiger partial charge in [-0.2, -0.15) is 5.26 Å². The van der Waals surface area contributed by atoms with Gasteiger partial charge in [0, 0.05) is 62.6 Å². The normalized spacial score (nSPS) is 25.1. The fourth-order valence-electron chi connectivity index (χ4n) is 8.18. The summed E-state index contributed by atoms with van der Waals surface area (Å²) >= 11 is 0. The number of aliphatic hydroxyl groups is 4. The summed E-state index contributed by atoms with van der Waals surface area (Å²) in [5, 5.41) is 50.7. The van der Waals surface area contributed by atoms with Crippen molar-refractivity contribution in [1.82, 2.24) is 9.55 Å². The maximum atomic E-state index is 14.1. The molecule has 5 heterocycles. The second-order valence-corrected chi connectivity index (χ2v) is 34.4. The number of hydrogen-bond donors (Lipinski definition) is 5. The maximum absolute atomic E-state index is 14.1. The van der Waals surface area contributed by atoms with E-state index in [9.17, 15) is 39.8 Å². The highest BCUT2D eigenvalue weighted by molar-refractivity contribution is 7.48.